The lowest BCUT2D eigenvalue weighted by molar-refractivity contribution is 0.0785. The summed E-state index contributed by atoms with van der Waals surface area (Å²) >= 11 is 0. The van der Waals surface area contributed by atoms with Crippen molar-refractivity contribution in [3.8, 4) is 11.5 Å². The van der Waals surface area contributed by atoms with Gasteiger partial charge >= 0.3 is 0 Å². The van der Waals surface area contributed by atoms with Crippen molar-refractivity contribution < 1.29 is 14.3 Å². The summed E-state index contributed by atoms with van der Waals surface area (Å²) in [6.45, 7) is 2.89. The second-order valence-corrected chi connectivity index (χ2v) is 5.40. The van der Waals surface area contributed by atoms with Crippen molar-refractivity contribution >= 4 is 5.91 Å². The molecule has 1 aliphatic heterocycles. The molecule has 0 aliphatic carbocycles. The summed E-state index contributed by atoms with van der Waals surface area (Å²) in [5.41, 5.74) is 2.96. The number of hydrogen-bond acceptors (Lipinski definition) is 3. The largest absolute Gasteiger partial charge is 0.454 e. The highest BCUT2D eigenvalue weighted by Gasteiger charge is 2.16. The highest BCUT2D eigenvalue weighted by Crippen LogP contribution is 2.32. The summed E-state index contributed by atoms with van der Waals surface area (Å²) in [5, 5.41) is 0. The number of aryl methyl sites for hydroxylation is 1. The van der Waals surface area contributed by atoms with Crippen LogP contribution in [-0.2, 0) is 13.0 Å². The molecule has 0 radical (unpaired) electrons. The van der Waals surface area contributed by atoms with Crippen LogP contribution < -0.4 is 9.47 Å². The Labute approximate surface area is 130 Å². The van der Waals surface area contributed by atoms with Gasteiger partial charge in [-0.3, -0.25) is 4.79 Å². The summed E-state index contributed by atoms with van der Waals surface area (Å²) < 4.78 is 10.7. The van der Waals surface area contributed by atoms with E-state index in [2.05, 4.69) is 6.92 Å². The van der Waals surface area contributed by atoms with Gasteiger partial charge in [-0.2, -0.15) is 0 Å². The molecule has 0 N–H and O–H groups in total. The smallest absolute Gasteiger partial charge is 0.253 e. The topological polar surface area (TPSA) is 38.8 Å². The predicted octanol–water partition coefficient (Wildman–Crippen LogP) is 3.25. The van der Waals surface area contributed by atoms with Crippen LogP contribution in [-0.4, -0.2) is 24.6 Å². The summed E-state index contributed by atoms with van der Waals surface area (Å²) in [4.78, 5) is 14.2. The number of benzene rings is 2. The molecule has 0 fully saturated rings. The molecule has 0 saturated carbocycles. The highest BCUT2D eigenvalue weighted by atomic mass is 16.7. The van der Waals surface area contributed by atoms with E-state index in [1.54, 1.807) is 11.9 Å². The van der Waals surface area contributed by atoms with E-state index in [1.165, 1.54) is 5.56 Å². The Morgan fingerprint density at radius 3 is 2.45 bits per heavy atom. The number of ether oxygens (including phenoxy) is 2. The van der Waals surface area contributed by atoms with Gasteiger partial charge in [0, 0.05) is 19.2 Å². The van der Waals surface area contributed by atoms with Crippen molar-refractivity contribution in [2.75, 3.05) is 13.8 Å². The molecule has 0 atom stereocenters. The molecule has 0 unspecified atom stereocenters. The van der Waals surface area contributed by atoms with E-state index >= 15 is 0 Å². The van der Waals surface area contributed by atoms with Crippen molar-refractivity contribution in [1.82, 2.24) is 4.90 Å². The van der Waals surface area contributed by atoms with Crippen LogP contribution in [0.3, 0.4) is 0 Å². The Morgan fingerprint density at radius 1 is 1.05 bits per heavy atom. The lowest BCUT2D eigenvalue weighted by Gasteiger charge is -2.17. The number of amides is 1. The first-order chi connectivity index (χ1) is 10.7. The molecule has 2 aromatic carbocycles. The molecular weight excluding hydrogens is 278 g/mol. The van der Waals surface area contributed by atoms with E-state index in [0.29, 0.717) is 12.1 Å². The number of carbonyl (C=O) groups is 1. The van der Waals surface area contributed by atoms with Crippen LogP contribution in [0.2, 0.25) is 0 Å². The van der Waals surface area contributed by atoms with Crippen LogP contribution in [0, 0.1) is 0 Å². The molecule has 22 heavy (non-hydrogen) atoms. The van der Waals surface area contributed by atoms with Crippen molar-refractivity contribution in [2.24, 2.45) is 0 Å². The Balaban J connectivity index is 1.70. The average Bonchev–Trinajstić information content (AvgIpc) is 3.02. The third kappa shape index (κ3) is 2.91. The average molecular weight is 297 g/mol. The minimum absolute atomic E-state index is 0.0142. The molecule has 114 valence electrons. The van der Waals surface area contributed by atoms with Gasteiger partial charge in [0.2, 0.25) is 6.79 Å². The van der Waals surface area contributed by atoms with Crippen LogP contribution >= 0.6 is 0 Å². The maximum Gasteiger partial charge on any atom is 0.253 e. The zero-order valence-electron chi connectivity index (χ0n) is 12.8. The fourth-order valence-corrected chi connectivity index (χ4v) is 2.49. The van der Waals surface area contributed by atoms with E-state index in [-0.39, 0.29) is 12.7 Å². The van der Waals surface area contributed by atoms with E-state index in [9.17, 15) is 4.79 Å². The number of nitrogens with zero attached hydrogens (tertiary/aromatic N) is 1. The first-order valence-corrected chi connectivity index (χ1v) is 7.40. The van der Waals surface area contributed by atoms with Gasteiger partial charge in [0.1, 0.15) is 0 Å². The van der Waals surface area contributed by atoms with Gasteiger partial charge in [-0.05, 0) is 41.8 Å². The maximum absolute atomic E-state index is 12.5. The van der Waals surface area contributed by atoms with Gasteiger partial charge < -0.3 is 14.4 Å². The molecule has 0 aromatic heterocycles. The number of rotatable bonds is 4. The van der Waals surface area contributed by atoms with Gasteiger partial charge in [0.05, 0.1) is 0 Å². The minimum atomic E-state index is 0.0142. The molecule has 1 aliphatic rings. The van der Waals surface area contributed by atoms with Crippen molar-refractivity contribution in [3.05, 3.63) is 59.2 Å². The van der Waals surface area contributed by atoms with Gasteiger partial charge in [0.15, 0.2) is 11.5 Å². The first-order valence-electron chi connectivity index (χ1n) is 7.40. The van der Waals surface area contributed by atoms with Crippen molar-refractivity contribution in [1.29, 1.82) is 0 Å². The standard InChI is InChI=1S/C18H19NO3/c1-3-13-4-7-15(8-5-13)18(20)19(2)11-14-6-9-16-17(10-14)22-12-21-16/h4-10H,3,11-12H2,1-2H3. The quantitative estimate of drug-likeness (QED) is 0.869. The van der Waals surface area contributed by atoms with Gasteiger partial charge in [-0.25, -0.2) is 0 Å². The van der Waals surface area contributed by atoms with E-state index in [4.69, 9.17) is 9.47 Å². The molecule has 1 heterocycles. The van der Waals surface area contributed by atoms with E-state index < -0.39 is 0 Å². The minimum Gasteiger partial charge on any atom is -0.454 e. The fraction of sp³-hybridized carbons (Fsp3) is 0.278. The molecule has 4 nitrogen and oxygen atoms in total. The molecule has 0 saturated heterocycles. The lowest BCUT2D eigenvalue weighted by Crippen LogP contribution is -2.26. The zero-order chi connectivity index (χ0) is 15.5. The molecular formula is C18H19NO3. The Morgan fingerprint density at radius 2 is 1.73 bits per heavy atom. The second-order valence-electron chi connectivity index (χ2n) is 5.40. The predicted molar refractivity (Wildman–Crippen MR) is 84.2 cm³/mol. The van der Waals surface area contributed by atoms with Gasteiger partial charge in [0.25, 0.3) is 5.91 Å². The van der Waals surface area contributed by atoms with Crippen LogP contribution in [0.1, 0.15) is 28.4 Å². The number of fused-ring (bicyclic) bond motifs is 1. The molecule has 3 rings (SSSR count). The summed E-state index contributed by atoms with van der Waals surface area (Å²) in [6, 6.07) is 13.5. The third-order valence-electron chi connectivity index (χ3n) is 3.81. The second kappa shape index (κ2) is 6.10. The highest BCUT2D eigenvalue weighted by molar-refractivity contribution is 5.94. The first kappa shape index (κ1) is 14.4. The normalized spacial score (nSPS) is 12.3. The summed E-state index contributed by atoms with van der Waals surface area (Å²) in [7, 11) is 1.81. The van der Waals surface area contributed by atoms with Gasteiger partial charge in [-0.15, -0.1) is 0 Å². The van der Waals surface area contributed by atoms with Crippen LogP contribution in [0.15, 0.2) is 42.5 Å². The van der Waals surface area contributed by atoms with E-state index in [0.717, 1.165) is 23.5 Å². The van der Waals surface area contributed by atoms with Crippen LogP contribution in [0.25, 0.3) is 0 Å². The van der Waals surface area contributed by atoms with Crippen molar-refractivity contribution in [3.63, 3.8) is 0 Å². The molecule has 2 aromatic rings. The molecule has 4 heteroatoms. The summed E-state index contributed by atoms with van der Waals surface area (Å²) in [6.07, 6.45) is 0.974. The fourth-order valence-electron chi connectivity index (χ4n) is 2.49. The van der Waals surface area contributed by atoms with Crippen LogP contribution in [0.4, 0.5) is 0 Å². The van der Waals surface area contributed by atoms with Gasteiger partial charge in [-0.1, -0.05) is 25.1 Å². The number of carbonyl (C=O) groups excluding carboxylic acids is 1. The molecule has 0 bridgehead atoms. The summed E-state index contributed by atoms with van der Waals surface area (Å²) in [5.74, 6) is 1.51. The number of hydrogen-bond donors (Lipinski definition) is 0. The lowest BCUT2D eigenvalue weighted by atomic mass is 10.1. The monoisotopic (exact) mass is 297 g/mol. The molecule has 0 spiro atoms. The zero-order valence-corrected chi connectivity index (χ0v) is 12.8. The van der Waals surface area contributed by atoms with Crippen molar-refractivity contribution in [2.45, 2.75) is 19.9 Å². The molecule has 1 amide bonds. The third-order valence-corrected chi connectivity index (χ3v) is 3.81. The van der Waals surface area contributed by atoms with Crippen LogP contribution in [0.5, 0.6) is 11.5 Å². The maximum atomic E-state index is 12.5. The van der Waals surface area contributed by atoms with E-state index in [1.807, 2.05) is 42.5 Å². The Kier molecular flexibility index (Phi) is 4.00. The Bertz CT molecular complexity index is 679. The Hall–Kier alpha value is -2.49. The SMILES string of the molecule is CCc1ccc(C(=O)N(C)Cc2ccc3c(c2)OCO3)cc1.